The Balaban J connectivity index is 2.10. The van der Waals surface area contributed by atoms with Gasteiger partial charge in [0.1, 0.15) is 6.26 Å². The van der Waals surface area contributed by atoms with Crippen molar-refractivity contribution in [2.75, 3.05) is 6.61 Å². The van der Waals surface area contributed by atoms with Gasteiger partial charge in [0.2, 0.25) is 0 Å². The molecule has 2 atom stereocenters. The van der Waals surface area contributed by atoms with Crippen molar-refractivity contribution >= 4 is 5.97 Å². The summed E-state index contributed by atoms with van der Waals surface area (Å²) in [5, 5.41) is 0. The Hall–Kier alpha value is -1.58. The van der Waals surface area contributed by atoms with Crippen molar-refractivity contribution in [1.29, 1.82) is 0 Å². The highest BCUT2D eigenvalue weighted by Crippen LogP contribution is 2.20. The average molecular weight is 350 g/mol. The molecule has 0 amide bonds. The van der Waals surface area contributed by atoms with Gasteiger partial charge in [0.25, 0.3) is 0 Å². The summed E-state index contributed by atoms with van der Waals surface area (Å²) in [6, 6.07) is 2.65. The minimum atomic E-state index is -0.469. The fourth-order valence-electron chi connectivity index (χ4n) is 2.89. The highest BCUT2D eigenvalue weighted by molar-refractivity contribution is 5.88. The Morgan fingerprint density at radius 2 is 1.56 bits per heavy atom. The van der Waals surface area contributed by atoms with E-state index in [0.29, 0.717) is 12.5 Å². The topological polar surface area (TPSA) is 56.5 Å². The van der Waals surface area contributed by atoms with E-state index < -0.39 is 11.6 Å². The summed E-state index contributed by atoms with van der Waals surface area (Å²) in [7, 11) is 0. The molecule has 0 bridgehead atoms. The first kappa shape index (κ1) is 21.5. The van der Waals surface area contributed by atoms with Crippen LogP contribution in [0.4, 0.5) is 0 Å². The molecule has 25 heavy (non-hydrogen) atoms. The molecule has 0 radical (unpaired) electrons. The van der Waals surface area contributed by atoms with Crippen LogP contribution in [0.1, 0.15) is 83.0 Å². The maximum Gasteiger partial charge on any atom is 0.341 e. The number of carbonyl (C=O) groups is 1. The fraction of sp³-hybridized carbons (Fsp3) is 0.714. The van der Waals surface area contributed by atoms with Crippen molar-refractivity contribution in [3.8, 4) is 0 Å². The average Bonchev–Trinajstić information content (AvgIpc) is 2.55. The van der Waals surface area contributed by atoms with Gasteiger partial charge < -0.3 is 9.15 Å². The predicted molar refractivity (Wildman–Crippen MR) is 101 cm³/mol. The zero-order valence-electron chi connectivity index (χ0n) is 16.3. The first-order valence-electron chi connectivity index (χ1n) is 9.64. The molecule has 0 aliphatic heterocycles. The summed E-state index contributed by atoms with van der Waals surface area (Å²) < 4.78 is 9.91. The minimum Gasteiger partial charge on any atom is -0.462 e. The van der Waals surface area contributed by atoms with E-state index in [2.05, 4.69) is 32.1 Å². The number of rotatable bonds is 12. The molecule has 142 valence electrons. The van der Waals surface area contributed by atoms with Crippen molar-refractivity contribution < 1.29 is 13.9 Å². The van der Waals surface area contributed by atoms with Gasteiger partial charge >= 0.3 is 11.6 Å². The van der Waals surface area contributed by atoms with Crippen LogP contribution in [0, 0.1) is 17.8 Å². The molecule has 1 heterocycles. The SMILES string of the molecule is CC(C)CCCC(C)CCCC(C)CCOC(=O)c1ccc(=O)oc1. The first-order valence-corrected chi connectivity index (χ1v) is 9.64. The Kier molecular flexibility index (Phi) is 10.2. The Bertz CT molecular complexity index is 527. The monoisotopic (exact) mass is 350 g/mol. The van der Waals surface area contributed by atoms with Crippen molar-refractivity contribution in [3.05, 3.63) is 34.4 Å². The second-order valence-corrected chi connectivity index (χ2v) is 7.73. The lowest BCUT2D eigenvalue weighted by Crippen LogP contribution is -2.10. The highest BCUT2D eigenvalue weighted by Gasteiger charge is 2.10. The second kappa shape index (κ2) is 11.9. The van der Waals surface area contributed by atoms with Gasteiger partial charge in [-0.2, -0.15) is 0 Å². The molecule has 0 aliphatic rings. The van der Waals surface area contributed by atoms with Crippen LogP contribution >= 0.6 is 0 Å². The lowest BCUT2D eigenvalue weighted by Gasteiger charge is -2.15. The number of carbonyl (C=O) groups excluding carboxylic acids is 1. The Labute approximate surface area is 152 Å². The van der Waals surface area contributed by atoms with E-state index in [4.69, 9.17) is 4.74 Å². The largest absolute Gasteiger partial charge is 0.462 e. The molecule has 0 saturated carbocycles. The summed E-state index contributed by atoms with van der Waals surface area (Å²) >= 11 is 0. The number of hydrogen-bond acceptors (Lipinski definition) is 4. The molecule has 0 aromatic carbocycles. The van der Waals surface area contributed by atoms with E-state index >= 15 is 0 Å². The third kappa shape index (κ3) is 10.1. The molecular weight excluding hydrogens is 316 g/mol. The van der Waals surface area contributed by atoms with Crippen LogP contribution in [-0.4, -0.2) is 12.6 Å². The van der Waals surface area contributed by atoms with Crippen molar-refractivity contribution in [1.82, 2.24) is 0 Å². The molecule has 0 fully saturated rings. The number of ether oxygens (including phenoxy) is 1. The molecule has 1 aromatic heterocycles. The van der Waals surface area contributed by atoms with Crippen LogP contribution in [0.15, 0.2) is 27.6 Å². The standard InChI is InChI=1S/C21H34O4/c1-16(2)7-5-8-17(3)9-6-10-18(4)13-14-24-21(23)19-11-12-20(22)25-15-19/h11-12,15-18H,5-10,13-14H2,1-4H3. The van der Waals surface area contributed by atoms with E-state index in [-0.39, 0.29) is 5.56 Å². The van der Waals surface area contributed by atoms with Gasteiger partial charge in [0.15, 0.2) is 0 Å². The van der Waals surface area contributed by atoms with Crippen molar-refractivity contribution in [2.24, 2.45) is 17.8 Å². The minimum absolute atomic E-state index is 0.280. The lowest BCUT2D eigenvalue weighted by atomic mass is 9.93. The molecule has 1 rings (SSSR count). The van der Waals surface area contributed by atoms with E-state index in [1.54, 1.807) is 0 Å². The molecule has 0 saturated heterocycles. The normalized spacial score (nSPS) is 13.6. The van der Waals surface area contributed by atoms with Crippen LogP contribution in [0.5, 0.6) is 0 Å². The van der Waals surface area contributed by atoms with Crippen LogP contribution < -0.4 is 5.63 Å². The zero-order chi connectivity index (χ0) is 18.7. The zero-order valence-corrected chi connectivity index (χ0v) is 16.3. The number of hydrogen-bond donors (Lipinski definition) is 0. The van der Waals surface area contributed by atoms with Crippen LogP contribution in [-0.2, 0) is 4.74 Å². The molecule has 4 nitrogen and oxygen atoms in total. The third-order valence-corrected chi connectivity index (χ3v) is 4.65. The van der Waals surface area contributed by atoms with E-state index in [9.17, 15) is 9.59 Å². The Morgan fingerprint density at radius 1 is 0.960 bits per heavy atom. The van der Waals surface area contributed by atoms with E-state index in [1.165, 1.54) is 50.7 Å². The smallest absolute Gasteiger partial charge is 0.341 e. The van der Waals surface area contributed by atoms with Crippen molar-refractivity contribution in [2.45, 2.75) is 72.6 Å². The molecule has 0 spiro atoms. The lowest BCUT2D eigenvalue weighted by molar-refractivity contribution is 0.0480. The fourth-order valence-corrected chi connectivity index (χ4v) is 2.89. The van der Waals surface area contributed by atoms with Gasteiger partial charge in [0, 0.05) is 6.07 Å². The predicted octanol–water partition coefficient (Wildman–Crippen LogP) is 5.46. The highest BCUT2D eigenvalue weighted by atomic mass is 16.5. The molecule has 0 aliphatic carbocycles. The maximum absolute atomic E-state index is 11.8. The second-order valence-electron chi connectivity index (χ2n) is 7.73. The van der Waals surface area contributed by atoms with Gasteiger partial charge in [0.05, 0.1) is 12.2 Å². The van der Waals surface area contributed by atoms with Gasteiger partial charge in [-0.15, -0.1) is 0 Å². The molecule has 2 unspecified atom stereocenters. The summed E-state index contributed by atoms with van der Waals surface area (Å²) in [4.78, 5) is 22.7. The summed E-state index contributed by atoms with van der Waals surface area (Å²) in [6.45, 7) is 9.53. The summed E-state index contributed by atoms with van der Waals surface area (Å²) in [5.41, 5.74) is -0.189. The molecule has 1 aromatic rings. The van der Waals surface area contributed by atoms with Gasteiger partial charge in [-0.1, -0.05) is 66.2 Å². The number of esters is 1. The van der Waals surface area contributed by atoms with E-state index in [1.807, 2.05) is 0 Å². The quantitative estimate of drug-likeness (QED) is 0.470. The molecule has 4 heteroatoms. The van der Waals surface area contributed by atoms with Gasteiger partial charge in [-0.05, 0) is 30.2 Å². The van der Waals surface area contributed by atoms with Crippen molar-refractivity contribution in [3.63, 3.8) is 0 Å². The van der Waals surface area contributed by atoms with Gasteiger partial charge in [-0.25, -0.2) is 9.59 Å². The summed E-state index contributed by atoms with van der Waals surface area (Å²) in [6.07, 6.45) is 9.70. The maximum atomic E-state index is 11.8. The molecular formula is C21H34O4. The van der Waals surface area contributed by atoms with Gasteiger partial charge in [-0.3, -0.25) is 0 Å². The Morgan fingerprint density at radius 3 is 2.12 bits per heavy atom. The molecule has 0 N–H and O–H groups in total. The third-order valence-electron chi connectivity index (χ3n) is 4.65. The van der Waals surface area contributed by atoms with Crippen LogP contribution in [0.2, 0.25) is 0 Å². The van der Waals surface area contributed by atoms with E-state index in [0.717, 1.165) is 24.5 Å². The summed E-state index contributed by atoms with van der Waals surface area (Å²) in [5.74, 6) is 1.72. The first-order chi connectivity index (χ1) is 11.9. The van der Waals surface area contributed by atoms with Crippen LogP contribution in [0.25, 0.3) is 0 Å². The van der Waals surface area contributed by atoms with Crippen LogP contribution in [0.3, 0.4) is 0 Å².